The molecule has 0 spiro atoms. The predicted octanol–water partition coefficient (Wildman–Crippen LogP) is -0.0143. The first-order valence-electron chi connectivity index (χ1n) is 5.38. The van der Waals surface area contributed by atoms with Gasteiger partial charge in [0.15, 0.2) is 0 Å². The molecule has 0 unspecified atom stereocenters. The van der Waals surface area contributed by atoms with Gasteiger partial charge in [-0.15, -0.1) is 11.3 Å². The average Bonchev–Trinajstić information content (AvgIpc) is 2.67. The number of rotatable bonds is 5. The summed E-state index contributed by atoms with van der Waals surface area (Å²) in [6.07, 6.45) is 0. The van der Waals surface area contributed by atoms with Crippen molar-refractivity contribution < 1.29 is 8.42 Å². The van der Waals surface area contributed by atoms with Crippen LogP contribution in [0.1, 0.15) is 4.88 Å². The first kappa shape index (κ1) is 13.9. The summed E-state index contributed by atoms with van der Waals surface area (Å²) >= 11 is 1.51. The van der Waals surface area contributed by atoms with Crippen LogP contribution >= 0.6 is 11.3 Å². The van der Waals surface area contributed by atoms with Crippen LogP contribution in [0.15, 0.2) is 6.07 Å². The van der Waals surface area contributed by atoms with Gasteiger partial charge in [-0.25, -0.2) is 24.4 Å². The van der Waals surface area contributed by atoms with Gasteiger partial charge >= 0.3 is 0 Å². The van der Waals surface area contributed by atoms with Gasteiger partial charge in [0.1, 0.15) is 10.6 Å². The Labute approximate surface area is 114 Å². The monoisotopic (exact) mass is 302 g/mol. The van der Waals surface area contributed by atoms with Gasteiger partial charge in [0.2, 0.25) is 16.0 Å². The van der Waals surface area contributed by atoms with Gasteiger partial charge in [0.25, 0.3) is 0 Å². The van der Waals surface area contributed by atoms with E-state index in [1.807, 2.05) is 13.0 Å². The quantitative estimate of drug-likeness (QED) is 0.450. The largest absolute Gasteiger partial charge is 0.368 e. The normalized spacial score (nSPS) is 11.7. The Bertz CT molecular complexity index is 696. The third kappa shape index (κ3) is 3.50. The van der Waals surface area contributed by atoms with Crippen LogP contribution in [0.25, 0.3) is 10.2 Å². The Hall–Kier alpha value is -1.49. The lowest BCUT2D eigenvalue weighted by molar-refractivity contribution is 0.598. The van der Waals surface area contributed by atoms with Crippen LogP contribution in [0.3, 0.4) is 0 Å². The highest BCUT2D eigenvalue weighted by atomic mass is 32.2. The SMILES string of the molecule is Cc1cc2c(NCCS(N)(=O)=O)nc(NN)nc2s1. The highest BCUT2D eigenvalue weighted by molar-refractivity contribution is 7.89. The number of aryl methyl sites for hydroxylation is 1. The predicted molar refractivity (Wildman–Crippen MR) is 76.4 cm³/mol. The van der Waals surface area contributed by atoms with Gasteiger partial charge in [0.05, 0.1) is 11.1 Å². The van der Waals surface area contributed by atoms with Crippen LogP contribution in [0.4, 0.5) is 11.8 Å². The number of nitrogens with two attached hydrogens (primary N) is 2. The van der Waals surface area contributed by atoms with E-state index in [1.54, 1.807) is 0 Å². The van der Waals surface area contributed by atoms with E-state index in [0.29, 0.717) is 5.82 Å². The van der Waals surface area contributed by atoms with Crippen molar-refractivity contribution >= 4 is 43.3 Å². The Morgan fingerprint density at radius 1 is 1.42 bits per heavy atom. The number of aromatic nitrogens is 2. The number of hydrogen-bond donors (Lipinski definition) is 4. The summed E-state index contributed by atoms with van der Waals surface area (Å²) in [7, 11) is -3.50. The first-order valence-corrected chi connectivity index (χ1v) is 7.91. The van der Waals surface area contributed by atoms with Gasteiger partial charge in [-0.3, -0.25) is 5.43 Å². The van der Waals surface area contributed by atoms with Crippen LogP contribution in [0.5, 0.6) is 0 Å². The van der Waals surface area contributed by atoms with Gasteiger partial charge < -0.3 is 5.32 Å². The summed E-state index contributed by atoms with van der Waals surface area (Å²) in [5.41, 5.74) is 2.38. The van der Waals surface area contributed by atoms with Crippen molar-refractivity contribution in [3.63, 3.8) is 0 Å². The van der Waals surface area contributed by atoms with Crippen molar-refractivity contribution in [2.45, 2.75) is 6.92 Å². The molecule has 10 heteroatoms. The molecule has 0 saturated carbocycles. The fraction of sp³-hybridized carbons (Fsp3) is 0.333. The number of thiophene rings is 1. The molecule has 0 bridgehead atoms. The van der Waals surface area contributed by atoms with Crippen molar-refractivity contribution in [2.75, 3.05) is 23.0 Å². The summed E-state index contributed by atoms with van der Waals surface area (Å²) in [6, 6.07) is 1.93. The lowest BCUT2D eigenvalue weighted by Crippen LogP contribution is -2.23. The molecule has 0 atom stereocenters. The van der Waals surface area contributed by atoms with Crippen LogP contribution in [-0.2, 0) is 10.0 Å². The number of nitrogens with zero attached hydrogens (tertiary/aromatic N) is 2. The highest BCUT2D eigenvalue weighted by Gasteiger charge is 2.10. The van der Waals surface area contributed by atoms with Gasteiger partial charge in [0, 0.05) is 11.4 Å². The molecule has 0 aliphatic heterocycles. The Balaban J connectivity index is 2.30. The molecule has 6 N–H and O–H groups in total. The molecule has 0 amide bonds. The molecule has 2 rings (SSSR count). The zero-order valence-electron chi connectivity index (χ0n) is 10.2. The maximum atomic E-state index is 10.9. The van der Waals surface area contributed by atoms with E-state index in [1.165, 1.54) is 11.3 Å². The van der Waals surface area contributed by atoms with Gasteiger partial charge in [-0.05, 0) is 13.0 Å². The van der Waals surface area contributed by atoms with E-state index >= 15 is 0 Å². The van der Waals surface area contributed by atoms with E-state index in [4.69, 9.17) is 11.0 Å². The van der Waals surface area contributed by atoms with Gasteiger partial charge in [-0.2, -0.15) is 4.98 Å². The second-order valence-corrected chi connectivity index (χ2v) is 6.88. The lowest BCUT2D eigenvalue weighted by atomic mass is 10.3. The van der Waals surface area contributed by atoms with Crippen LogP contribution in [0.2, 0.25) is 0 Å². The molecule has 2 aromatic heterocycles. The van der Waals surface area contributed by atoms with Crippen molar-refractivity contribution in [3.8, 4) is 0 Å². The summed E-state index contributed by atoms with van der Waals surface area (Å²) in [6.45, 7) is 2.12. The summed E-state index contributed by atoms with van der Waals surface area (Å²) in [5, 5.41) is 8.70. The second kappa shape index (κ2) is 5.25. The number of hydrogen-bond acceptors (Lipinski definition) is 8. The van der Waals surface area contributed by atoms with Gasteiger partial charge in [-0.1, -0.05) is 0 Å². The number of primary sulfonamides is 1. The molecule has 0 saturated heterocycles. The molecule has 2 heterocycles. The Kier molecular flexibility index (Phi) is 3.85. The standard InChI is InChI=1S/C9H14N6O2S2/c1-5-4-6-7(12-2-3-19(11,16)17)13-9(15-10)14-8(6)18-5/h4H,2-3,10H2,1H3,(H2,11,16,17)(H2,12,13,14,15). The lowest BCUT2D eigenvalue weighted by Gasteiger charge is -2.07. The first-order chi connectivity index (χ1) is 8.89. The number of nitrogens with one attached hydrogen (secondary N) is 2. The minimum atomic E-state index is -3.50. The average molecular weight is 302 g/mol. The zero-order chi connectivity index (χ0) is 14.0. The third-order valence-electron chi connectivity index (χ3n) is 2.32. The summed E-state index contributed by atoms with van der Waals surface area (Å²) < 4.78 is 21.8. The molecule has 0 radical (unpaired) electrons. The van der Waals surface area contributed by atoms with Crippen LogP contribution in [-0.4, -0.2) is 30.7 Å². The fourth-order valence-corrected chi connectivity index (χ4v) is 2.82. The third-order valence-corrected chi connectivity index (χ3v) is 4.04. The van der Waals surface area contributed by atoms with Crippen LogP contribution < -0.4 is 21.7 Å². The summed E-state index contributed by atoms with van der Waals surface area (Å²) in [4.78, 5) is 10.2. The highest BCUT2D eigenvalue weighted by Crippen LogP contribution is 2.29. The number of hydrazine groups is 1. The summed E-state index contributed by atoms with van der Waals surface area (Å²) in [5.74, 6) is 5.93. The van der Waals surface area contributed by atoms with E-state index < -0.39 is 10.0 Å². The minimum absolute atomic E-state index is 0.170. The zero-order valence-corrected chi connectivity index (χ0v) is 11.8. The van der Waals surface area contributed by atoms with E-state index in [9.17, 15) is 8.42 Å². The fourth-order valence-electron chi connectivity index (χ4n) is 1.55. The van der Waals surface area contributed by atoms with Crippen molar-refractivity contribution in [1.29, 1.82) is 0 Å². The van der Waals surface area contributed by atoms with Crippen molar-refractivity contribution in [3.05, 3.63) is 10.9 Å². The molecule has 104 valence electrons. The Morgan fingerprint density at radius 2 is 2.16 bits per heavy atom. The smallest absolute Gasteiger partial charge is 0.240 e. The molecule has 0 aliphatic carbocycles. The number of nitrogen functional groups attached to an aromatic ring is 1. The van der Waals surface area contributed by atoms with Crippen molar-refractivity contribution in [1.82, 2.24) is 9.97 Å². The topological polar surface area (TPSA) is 136 Å². The molecule has 2 aromatic rings. The number of sulfonamides is 1. The van der Waals surface area contributed by atoms with E-state index in [-0.39, 0.29) is 18.2 Å². The molecular formula is C9H14N6O2S2. The molecule has 0 fully saturated rings. The molecule has 8 nitrogen and oxygen atoms in total. The second-order valence-electron chi connectivity index (χ2n) is 3.91. The van der Waals surface area contributed by atoms with E-state index in [0.717, 1.165) is 15.1 Å². The maximum absolute atomic E-state index is 10.9. The van der Waals surface area contributed by atoms with E-state index in [2.05, 4.69) is 20.7 Å². The van der Waals surface area contributed by atoms with Crippen molar-refractivity contribution in [2.24, 2.45) is 11.0 Å². The number of fused-ring (bicyclic) bond motifs is 1. The van der Waals surface area contributed by atoms with Crippen LogP contribution in [0, 0.1) is 6.92 Å². The molecule has 19 heavy (non-hydrogen) atoms. The molecule has 0 aliphatic rings. The minimum Gasteiger partial charge on any atom is -0.368 e. The Morgan fingerprint density at radius 3 is 2.79 bits per heavy atom. The maximum Gasteiger partial charge on any atom is 0.240 e. The number of anilines is 2. The molecule has 0 aromatic carbocycles. The molecular weight excluding hydrogens is 288 g/mol.